The number of hydrogen-bond donors (Lipinski definition) is 0. The van der Waals surface area contributed by atoms with Crippen molar-refractivity contribution in [1.29, 1.82) is 0 Å². The van der Waals surface area contributed by atoms with Crippen molar-refractivity contribution in [3.63, 3.8) is 0 Å². The second-order valence-corrected chi connectivity index (χ2v) is 3.29. The molecule has 0 aliphatic carbocycles. The highest BCUT2D eigenvalue weighted by Gasteiger charge is 2.20. The Labute approximate surface area is 95.5 Å². The molecule has 0 aliphatic heterocycles. The van der Waals surface area contributed by atoms with Gasteiger partial charge in [-0.15, -0.1) is 0 Å². The first kappa shape index (κ1) is 11.2. The molecular weight excluding hydrogens is 228 g/mol. The van der Waals surface area contributed by atoms with E-state index in [4.69, 9.17) is 0 Å². The topological polar surface area (TPSA) is 43.1 Å². The quantitative estimate of drug-likeness (QED) is 0.590. The summed E-state index contributed by atoms with van der Waals surface area (Å²) in [6, 6.07) is 9.68. The SMILES string of the molecule is O=[N+]([O-])c1ccccc1-c1c(F)[c]ccc1F. The number of halogens is 2. The van der Waals surface area contributed by atoms with E-state index in [9.17, 15) is 18.9 Å². The van der Waals surface area contributed by atoms with Gasteiger partial charge < -0.3 is 0 Å². The normalized spacial score (nSPS) is 10.2. The molecule has 17 heavy (non-hydrogen) atoms. The highest BCUT2D eigenvalue weighted by Crippen LogP contribution is 2.32. The molecule has 0 aliphatic rings. The molecule has 0 amide bonds. The standard InChI is InChI=1S/C12H6F2NO2/c13-9-5-3-6-10(14)12(9)8-4-1-2-7-11(8)15(16)17/h1-5,7H. The Morgan fingerprint density at radius 1 is 1.18 bits per heavy atom. The summed E-state index contributed by atoms with van der Waals surface area (Å²) in [5.74, 6) is -1.80. The smallest absolute Gasteiger partial charge is 0.258 e. The van der Waals surface area contributed by atoms with Crippen molar-refractivity contribution in [3.05, 3.63) is 64.2 Å². The van der Waals surface area contributed by atoms with Crippen LogP contribution in [0.3, 0.4) is 0 Å². The molecule has 0 saturated heterocycles. The van der Waals surface area contributed by atoms with Gasteiger partial charge >= 0.3 is 0 Å². The predicted octanol–water partition coefficient (Wildman–Crippen LogP) is 3.34. The average Bonchev–Trinajstić information content (AvgIpc) is 2.29. The van der Waals surface area contributed by atoms with Crippen molar-refractivity contribution >= 4 is 5.69 Å². The molecule has 5 heteroatoms. The van der Waals surface area contributed by atoms with Gasteiger partial charge in [-0.05, 0) is 18.2 Å². The third kappa shape index (κ3) is 1.99. The Kier molecular flexibility index (Phi) is 2.82. The molecule has 0 fully saturated rings. The van der Waals surface area contributed by atoms with E-state index in [1.807, 2.05) is 0 Å². The van der Waals surface area contributed by atoms with Crippen LogP contribution in [0, 0.1) is 27.8 Å². The van der Waals surface area contributed by atoms with Crippen LogP contribution in [0.15, 0.2) is 36.4 Å². The first-order valence-corrected chi connectivity index (χ1v) is 4.70. The summed E-state index contributed by atoms with van der Waals surface area (Å²) in [5, 5.41) is 10.8. The lowest BCUT2D eigenvalue weighted by Gasteiger charge is -2.05. The minimum absolute atomic E-state index is 0.0932. The van der Waals surface area contributed by atoms with Crippen LogP contribution in [0.1, 0.15) is 0 Å². The highest BCUT2D eigenvalue weighted by atomic mass is 19.1. The Morgan fingerprint density at radius 3 is 2.53 bits per heavy atom. The van der Waals surface area contributed by atoms with Gasteiger partial charge in [0, 0.05) is 12.1 Å². The molecule has 2 rings (SSSR count). The molecule has 85 valence electrons. The van der Waals surface area contributed by atoms with E-state index in [-0.39, 0.29) is 11.3 Å². The van der Waals surface area contributed by atoms with E-state index in [0.717, 1.165) is 12.1 Å². The third-order valence-corrected chi connectivity index (χ3v) is 2.27. The van der Waals surface area contributed by atoms with Crippen molar-refractivity contribution in [2.45, 2.75) is 0 Å². The largest absolute Gasteiger partial charge is 0.277 e. The van der Waals surface area contributed by atoms with E-state index in [1.54, 1.807) is 0 Å². The Balaban J connectivity index is 2.73. The molecule has 1 radical (unpaired) electrons. The maximum atomic E-state index is 13.5. The summed E-state index contributed by atoms with van der Waals surface area (Å²) in [6.07, 6.45) is 0. The molecule has 0 heterocycles. The van der Waals surface area contributed by atoms with Gasteiger partial charge in [0.2, 0.25) is 0 Å². The van der Waals surface area contributed by atoms with Crippen LogP contribution in [0.25, 0.3) is 11.1 Å². The summed E-state index contributed by atoms with van der Waals surface area (Å²) >= 11 is 0. The summed E-state index contributed by atoms with van der Waals surface area (Å²) in [4.78, 5) is 10.1. The molecule has 0 unspecified atom stereocenters. The van der Waals surface area contributed by atoms with E-state index in [2.05, 4.69) is 6.07 Å². The predicted molar refractivity (Wildman–Crippen MR) is 57.3 cm³/mol. The van der Waals surface area contributed by atoms with Crippen molar-refractivity contribution in [2.24, 2.45) is 0 Å². The van der Waals surface area contributed by atoms with Gasteiger partial charge in [0.1, 0.15) is 11.6 Å². The van der Waals surface area contributed by atoms with E-state index in [0.29, 0.717) is 0 Å². The summed E-state index contributed by atoms with van der Waals surface area (Å²) in [7, 11) is 0. The molecule has 0 N–H and O–H groups in total. The fraction of sp³-hybridized carbons (Fsp3) is 0. The van der Waals surface area contributed by atoms with E-state index < -0.39 is 22.1 Å². The zero-order valence-corrected chi connectivity index (χ0v) is 8.48. The molecule has 0 atom stereocenters. The van der Waals surface area contributed by atoms with E-state index >= 15 is 0 Å². The molecule has 2 aromatic rings. The minimum Gasteiger partial charge on any atom is -0.258 e. The van der Waals surface area contributed by atoms with Crippen LogP contribution >= 0.6 is 0 Å². The van der Waals surface area contributed by atoms with Crippen LogP contribution in [-0.2, 0) is 0 Å². The number of rotatable bonds is 2. The van der Waals surface area contributed by atoms with Crippen LogP contribution in [0.5, 0.6) is 0 Å². The first-order valence-electron chi connectivity index (χ1n) is 4.70. The molecular formula is C12H6F2NO2. The number of benzene rings is 2. The van der Waals surface area contributed by atoms with Crippen molar-refractivity contribution in [3.8, 4) is 11.1 Å². The van der Waals surface area contributed by atoms with Gasteiger partial charge in [-0.2, -0.15) is 0 Å². The number of nitro groups is 1. The number of nitrogens with zero attached hydrogens (tertiary/aromatic N) is 1. The molecule has 2 aromatic carbocycles. The fourth-order valence-corrected chi connectivity index (χ4v) is 1.54. The lowest BCUT2D eigenvalue weighted by Crippen LogP contribution is -1.95. The Morgan fingerprint density at radius 2 is 1.88 bits per heavy atom. The zero-order chi connectivity index (χ0) is 12.4. The molecule has 0 spiro atoms. The maximum Gasteiger partial charge on any atom is 0.277 e. The fourth-order valence-electron chi connectivity index (χ4n) is 1.54. The van der Waals surface area contributed by atoms with Crippen LogP contribution in [0.4, 0.5) is 14.5 Å². The molecule has 0 saturated carbocycles. The number of nitro benzene ring substituents is 1. The summed E-state index contributed by atoms with van der Waals surface area (Å²) < 4.78 is 27.0. The minimum atomic E-state index is -0.945. The summed E-state index contributed by atoms with van der Waals surface area (Å²) in [5.41, 5.74) is -0.867. The van der Waals surface area contributed by atoms with E-state index in [1.165, 1.54) is 24.3 Å². The van der Waals surface area contributed by atoms with Gasteiger partial charge in [-0.3, -0.25) is 10.1 Å². The highest BCUT2D eigenvalue weighted by molar-refractivity contribution is 5.74. The molecule has 0 bridgehead atoms. The Hall–Kier alpha value is -2.30. The average molecular weight is 234 g/mol. The van der Waals surface area contributed by atoms with Gasteiger partial charge in [0.25, 0.3) is 5.69 Å². The Bertz CT molecular complexity index is 564. The third-order valence-electron chi connectivity index (χ3n) is 2.27. The second kappa shape index (κ2) is 4.29. The first-order chi connectivity index (χ1) is 8.11. The maximum absolute atomic E-state index is 13.5. The van der Waals surface area contributed by atoms with Gasteiger partial charge in [-0.25, -0.2) is 8.78 Å². The van der Waals surface area contributed by atoms with Crippen LogP contribution in [-0.4, -0.2) is 4.92 Å². The van der Waals surface area contributed by atoms with Gasteiger partial charge in [0.05, 0.1) is 16.1 Å². The van der Waals surface area contributed by atoms with Gasteiger partial charge in [0.15, 0.2) is 0 Å². The number of para-hydroxylation sites is 1. The molecule has 3 nitrogen and oxygen atoms in total. The number of hydrogen-bond acceptors (Lipinski definition) is 2. The van der Waals surface area contributed by atoms with Crippen molar-refractivity contribution in [1.82, 2.24) is 0 Å². The zero-order valence-electron chi connectivity index (χ0n) is 8.48. The lowest BCUT2D eigenvalue weighted by molar-refractivity contribution is -0.384. The second-order valence-electron chi connectivity index (χ2n) is 3.29. The van der Waals surface area contributed by atoms with Gasteiger partial charge in [-0.1, -0.05) is 12.1 Å². The lowest BCUT2D eigenvalue weighted by atomic mass is 10.0. The van der Waals surface area contributed by atoms with Crippen LogP contribution in [0.2, 0.25) is 0 Å². The molecule has 0 aromatic heterocycles. The summed E-state index contributed by atoms with van der Waals surface area (Å²) in [6.45, 7) is 0. The van der Waals surface area contributed by atoms with Crippen molar-refractivity contribution in [2.75, 3.05) is 0 Å². The van der Waals surface area contributed by atoms with Crippen LogP contribution < -0.4 is 0 Å². The van der Waals surface area contributed by atoms with Crippen molar-refractivity contribution < 1.29 is 13.7 Å². The monoisotopic (exact) mass is 234 g/mol.